The zero-order valence-electron chi connectivity index (χ0n) is 13.7. The molecule has 0 bridgehead atoms. The van der Waals surface area contributed by atoms with Gasteiger partial charge < -0.3 is 15.8 Å². The first-order chi connectivity index (χ1) is 11.7. The molecule has 0 unspecified atom stereocenters. The number of rotatable bonds is 5. The van der Waals surface area contributed by atoms with Gasteiger partial charge in [0.2, 0.25) is 0 Å². The minimum Gasteiger partial charge on any atom is -0.497 e. The van der Waals surface area contributed by atoms with Gasteiger partial charge in [0, 0.05) is 24.3 Å². The maximum atomic E-state index is 5.91. The molecule has 1 aromatic carbocycles. The lowest BCUT2D eigenvalue weighted by atomic mass is 10.3. The number of imidazole rings is 1. The van der Waals surface area contributed by atoms with Gasteiger partial charge in [-0.15, -0.1) is 24.0 Å². The van der Waals surface area contributed by atoms with E-state index in [0.717, 1.165) is 22.8 Å². The van der Waals surface area contributed by atoms with Crippen molar-refractivity contribution in [2.24, 2.45) is 10.7 Å². The van der Waals surface area contributed by atoms with Crippen LogP contribution in [0, 0.1) is 0 Å². The molecule has 7 nitrogen and oxygen atoms in total. The Morgan fingerprint density at radius 2 is 2.04 bits per heavy atom. The molecule has 0 aliphatic rings. The Morgan fingerprint density at radius 3 is 2.64 bits per heavy atom. The molecule has 25 heavy (non-hydrogen) atoms. The van der Waals surface area contributed by atoms with Crippen molar-refractivity contribution >= 4 is 35.6 Å². The summed E-state index contributed by atoms with van der Waals surface area (Å²) in [5, 5.41) is 3.04. The zero-order chi connectivity index (χ0) is 16.8. The molecule has 0 spiro atoms. The third-order valence-electron chi connectivity index (χ3n) is 3.37. The molecule has 0 fully saturated rings. The van der Waals surface area contributed by atoms with Gasteiger partial charge >= 0.3 is 0 Å². The summed E-state index contributed by atoms with van der Waals surface area (Å²) in [5.41, 5.74) is 7.73. The monoisotopic (exact) mass is 450 g/mol. The average Bonchev–Trinajstić information content (AvgIpc) is 3.16. The number of pyridine rings is 1. The standard InChI is InChI=1S/C17H18N6O.HI/c1-24-15-5-3-14(4-6-15)22-17(18)21-11-13-2-7-16(20-10-13)23-9-8-19-12-23;/h2-10,12H,11H2,1H3,(H3,18,21,22);1H. The van der Waals surface area contributed by atoms with Crippen LogP contribution in [0.4, 0.5) is 5.69 Å². The van der Waals surface area contributed by atoms with E-state index in [9.17, 15) is 0 Å². The van der Waals surface area contributed by atoms with Gasteiger partial charge in [-0.25, -0.2) is 15.0 Å². The number of guanidine groups is 1. The van der Waals surface area contributed by atoms with Crippen molar-refractivity contribution in [2.75, 3.05) is 12.4 Å². The molecule has 3 rings (SSSR count). The SMILES string of the molecule is COc1ccc(NC(N)=NCc2ccc(-n3ccnc3)nc2)cc1.I. The summed E-state index contributed by atoms with van der Waals surface area (Å²) in [6, 6.07) is 11.3. The van der Waals surface area contributed by atoms with Crippen LogP contribution in [0.25, 0.3) is 5.82 Å². The van der Waals surface area contributed by atoms with Gasteiger partial charge in [-0.3, -0.25) is 4.57 Å². The predicted octanol–water partition coefficient (Wildman–Crippen LogP) is 2.82. The quantitative estimate of drug-likeness (QED) is 0.355. The lowest BCUT2D eigenvalue weighted by Crippen LogP contribution is -2.22. The number of nitrogens with two attached hydrogens (primary N) is 1. The fourth-order valence-corrected chi connectivity index (χ4v) is 2.10. The summed E-state index contributed by atoms with van der Waals surface area (Å²) in [5.74, 6) is 1.95. The number of aromatic nitrogens is 3. The third kappa shape index (κ3) is 5.18. The van der Waals surface area contributed by atoms with Gasteiger partial charge in [-0.05, 0) is 35.9 Å². The predicted molar refractivity (Wildman–Crippen MR) is 109 cm³/mol. The highest BCUT2D eigenvalue weighted by Crippen LogP contribution is 2.14. The highest BCUT2D eigenvalue weighted by atomic mass is 127. The molecule has 130 valence electrons. The van der Waals surface area contributed by atoms with E-state index in [1.54, 1.807) is 25.8 Å². The second-order valence-electron chi connectivity index (χ2n) is 5.05. The van der Waals surface area contributed by atoms with Gasteiger partial charge in [0.15, 0.2) is 5.96 Å². The maximum Gasteiger partial charge on any atom is 0.193 e. The van der Waals surface area contributed by atoms with E-state index < -0.39 is 0 Å². The van der Waals surface area contributed by atoms with E-state index in [2.05, 4.69) is 20.3 Å². The van der Waals surface area contributed by atoms with Crippen molar-refractivity contribution in [3.63, 3.8) is 0 Å². The van der Waals surface area contributed by atoms with Crippen LogP contribution in [0.1, 0.15) is 5.56 Å². The van der Waals surface area contributed by atoms with Crippen molar-refractivity contribution < 1.29 is 4.74 Å². The number of aliphatic imine (C=N–C) groups is 1. The summed E-state index contributed by atoms with van der Waals surface area (Å²) < 4.78 is 6.95. The van der Waals surface area contributed by atoms with E-state index in [1.165, 1.54) is 0 Å². The Bertz CT molecular complexity index is 800. The Morgan fingerprint density at radius 1 is 1.24 bits per heavy atom. The summed E-state index contributed by atoms with van der Waals surface area (Å²) in [6.07, 6.45) is 7.04. The summed E-state index contributed by atoms with van der Waals surface area (Å²) in [7, 11) is 1.63. The highest BCUT2D eigenvalue weighted by molar-refractivity contribution is 14.0. The fraction of sp³-hybridized carbons (Fsp3) is 0.118. The van der Waals surface area contributed by atoms with E-state index in [0.29, 0.717) is 12.5 Å². The smallest absolute Gasteiger partial charge is 0.193 e. The Hall–Kier alpha value is -2.62. The van der Waals surface area contributed by atoms with Crippen molar-refractivity contribution in [3.8, 4) is 11.6 Å². The number of hydrogen-bond acceptors (Lipinski definition) is 4. The molecule has 0 aliphatic heterocycles. The van der Waals surface area contributed by atoms with E-state index in [-0.39, 0.29) is 24.0 Å². The molecule has 0 aliphatic carbocycles. The lowest BCUT2D eigenvalue weighted by molar-refractivity contribution is 0.415. The first kappa shape index (κ1) is 18.7. The number of hydrogen-bond donors (Lipinski definition) is 2. The molecule has 2 aromatic heterocycles. The molecule has 2 heterocycles. The van der Waals surface area contributed by atoms with Crippen LogP contribution in [0.5, 0.6) is 5.75 Å². The van der Waals surface area contributed by atoms with Crippen LogP contribution < -0.4 is 15.8 Å². The van der Waals surface area contributed by atoms with E-state index in [1.807, 2.05) is 47.2 Å². The van der Waals surface area contributed by atoms with E-state index >= 15 is 0 Å². The topological polar surface area (TPSA) is 90.3 Å². The zero-order valence-corrected chi connectivity index (χ0v) is 16.0. The number of nitrogens with one attached hydrogen (secondary N) is 1. The molecule has 3 aromatic rings. The normalized spacial score (nSPS) is 10.8. The number of ether oxygens (including phenoxy) is 1. The Kier molecular flexibility index (Phi) is 6.75. The van der Waals surface area contributed by atoms with Crippen molar-refractivity contribution in [1.82, 2.24) is 14.5 Å². The van der Waals surface area contributed by atoms with Crippen molar-refractivity contribution in [1.29, 1.82) is 0 Å². The average molecular weight is 450 g/mol. The molecular weight excluding hydrogens is 431 g/mol. The number of anilines is 1. The number of benzene rings is 1. The first-order valence-electron chi connectivity index (χ1n) is 7.39. The van der Waals surface area contributed by atoms with Gasteiger partial charge in [0.05, 0.1) is 13.7 Å². The van der Waals surface area contributed by atoms with Crippen LogP contribution >= 0.6 is 24.0 Å². The van der Waals surface area contributed by atoms with Crippen LogP contribution in [-0.4, -0.2) is 27.6 Å². The van der Waals surface area contributed by atoms with Crippen molar-refractivity contribution in [2.45, 2.75) is 6.54 Å². The van der Waals surface area contributed by atoms with Gasteiger partial charge in [0.1, 0.15) is 17.9 Å². The second-order valence-corrected chi connectivity index (χ2v) is 5.05. The molecule has 0 amide bonds. The Labute approximate surface area is 163 Å². The fourth-order valence-electron chi connectivity index (χ4n) is 2.10. The highest BCUT2D eigenvalue weighted by Gasteiger charge is 1.99. The molecule has 0 atom stereocenters. The molecule has 0 radical (unpaired) electrons. The minimum atomic E-state index is 0. The van der Waals surface area contributed by atoms with Gasteiger partial charge in [-0.1, -0.05) is 6.07 Å². The van der Waals surface area contributed by atoms with Gasteiger partial charge in [0.25, 0.3) is 0 Å². The van der Waals surface area contributed by atoms with Crippen LogP contribution in [0.15, 0.2) is 66.3 Å². The maximum absolute atomic E-state index is 5.91. The minimum absolute atomic E-state index is 0. The number of methoxy groups -OCH3 is 1. The van der Waals surface area contributed by atoms with Crippen LogP contribution in [0.3, 0.4) is 0 Å². The molecule has 0 saturated carbocycles. The van der Waals surface area contributed by atoms with Crippen LogP contribution in [0.2, 0.25) is 0 Å². The summed E-state index contributed by atoms with van der Waals surface area (Å²) in [4.78, 5) is 12.7. The molecular formula is C17H19IN6O. The summed E-state index contributed by atoms with van der Waals surface area (Å²) >= 11 is 0. The largest absolute Gasteiger partial charge is 0.497 e. The third-order valence-corrected chi connectivity index (χ3v) is 3.37. The van der Waals surface area contributed by atoms with Crippen LogP contribution in [-0.2, 0) is 6.54 Å². The summed E-state index contributed by atoms with van der Waals surface area (Å²) in [6.45, 7) is 0.451. The van der Waals surface area contributed by atoms with E-state index in [4.69, 9.17) is 10.5 Å². The molecule has 0 saturated heterocycles. The van der Waals surface area contributed by atoms with Crippen molar-refractivity contribution in [3.05, 3.63) is 66.9 Å². The molecule has 8 heteroatoms. The first-order valence-corrected chi connectivity index (χ1v) is 7.39. The van der Waals surface area contributed by atoms with Gasteiger partial charge in [-0.2, -0.15) is 0 Å². The Balaban J connectivity index is 0.00000225. The molecule has 3 N–H and O–H groups in total. The lowest BCUT2D eigenvalue weighted by Gasteiger charge is -2.07. The number of nitrogens with zero attached hydrogens (tertiary/aromatic N) is 4. The number of halogens is 1. The second kappa shape index (κ2) is 9.02.